The average Bonchev–Trinajstić information content (AvgIpc) is 2.67. The van der Waals surface area contributed by atoms with Crippen LogP contribution in [0.15, 0.2) is 72.3 Å². The van der Waals surface area contributed by atoms with Crippen LogP contribution in [0.3, 0.4) is 0 Å². The molecule has 0 aliphatic carbocycles. The summed E-state index contributed by atoms with van der Waals surface area (Å²) in [5.41, 5.74) is 2.77. The van der Waals surface area contributed by atoms with Gasteiger partial charge in [0.2, 0.25) is 0 Å². The number of rotatable bonds is 6. The molecule has 142 valence electrons. The molecule has 0 saturated carbocycles. The zero-order valence-corrected chi connectivity index (χ0v) is 16.0. The molecule has 2 aromatic carbocycles. The first kappa shape index (κ1) is 21.9. The summed E-state index contributed by atoms with van der Waals surface area (Å²) in [5.74, 6) is -0.767. The molecule has 2 rings (SSSR count). The van der Waals surface area contributed by atoms with Gasteiger partial charge in [-0.15, -0.1) is 0 Å². The minimum Gasteiger partial charge on any atom is -0.478 e. The summed E-state index contributed by atoms with van der Waals surface area (Å²) in [4.78, 5) is 22.0. The van der Waals surface area contributed by atoms with Crippen molar-refractivity contribution in [1.82, 2.24) is 0 Å². The number of carbonyl (C=O) groups excluding carboxylic acids is 1. The molecule has 1 N–H and O–H groups in total. The summed E-state index contributed by atoms with van der Waals surface area (Å²) in [6, 6.07) is 17.3. The molecular formula is C23H26O4. The number of carbonyl (C=O) groups is 2. The van der Waals surface area contributed by atoms with E-state index in [9.17, 15) is 9.59 Å². The molecule has 0 aromatic heterocycles. The molecule has 0 aliphatic rings. The summed E-state index contributed by atoms with van der Waals surface area (Å²) in [7, 11) is 0. The van der Waals surface area contributed by atoms with Crippen LogP contribution in [0.4, 0.5) is 0 Å². The number of carboxylic acid groups (broad SMARTS) is 1. The molecule has 4 nitrogen and oxygen atoms in total. The molecule has 4 heteroatoms. The lowest BCUT2D eigenvalue weighted by Gasteiger charge is -2.09. The first-order valence-electron chi connectivity index (χ1n) is 8.80. The number of carboxylic acids is 1. The summed E-state index contributed by atoms with van der Waals surface area (Å²) in [6.07, 6.45) is 5.56. The molecule has 0 bridgehead atoms. The highest BCUT2D eigenvalue weighted by atomic mass is 16.5. The van der Waals surface area contributed by atoms with E-state index < -0.39 is 5.97 Å². The zero-order valence-electron chi connectivity index (χ0n) is 16.0. The summed E-state index contributed by atoms with van der Waals surface area (Å²) in [6.45, 7) is 5.72. The molecule has 2 aromatic rings. The number of hydrogen-bond acceptors (Lipinski definition) is 3. The van der Waals surface area contributed by atoms with E-state index >= 15 is 0 Å². The highest BCUT2D eigenvalue weighted by molar-refractivity contribution is 5.85. The average molecular weight is 366 g/mol. The topological polar surface area (TPSA) is 63.6 Å². The second kappa shape index (κ2) is 12.3. The van der Waals surface area contributed by atoms with E-state index in [-0.39, 0.29) is 5.97 Å². The number of allylic oxidation sites excluding steroid dienone is 2. The lowest BCUT2D eigenvalue weighted by atomic mass is 10.0. The van der Waals surface area contributed by atoms with Crippen molar-refractivity contribution in [2.75, 3.05) is 0 Å². The van der Waals surface area contributed by atoms with Gasteiger partial charge in [-0.05, 0) is 49.6 Å². The molecule has 0 atom stereocenters. The molecule has 0 radical (unpaired) electrons. The monoisotopic (exact) mass is 366 g/mol. The lowest BCUT2D eigenvalue weighted by molar-refractivity contribution is -0.134. The molecule has 0 fully saturated rings. The summed E-state index contributed by atoms with van der Waals surface area (Å²) in [5, 5.41) is 8.66. The van der Waals surface area contributed by atoms with Crippen molar-refractivity contribution >= 4 is 18.0 Å². The van der Waals surface area contributed by atoms with Crippen LogP contribution in [-0.2, 0) is 16.0 Å². The Bertz CT molecular complexity index is 759. The fourth-order valence-corrected chi connectivity index (χ4v) is 2.02. The van der Waals surface area contributed by atoms with E-state index in [1.165, 1.54) is 6.08 Å². The van der Waals surface area contributed by atoms with Gasteiger partial charge in [-0.1, -0.05) is 61.0 Å². The Morgan fingerprint density at radius 2 is 1.63 bits per heavy atom. The van der Waals surface area contributed by atoms with Crippen molar-refractivity contribution in [1.29, 1.82) is 0 Å². The molecule has 0 amide bonds. The van der Waals surface area contributed by atoms with Crippen LogP contribution >= 0.6 is 0 Å². The van der Waals surface area contributed by atoms with Gasteiger partial charge in [-0.25, -0.2) is 4.79 Å². The van der Waals surface area contributed by atoms with Crippen molar-refractivity contribution in [2.24, 2.45) is 0 Å². The Balaban J connectivity index is 0.000000511. The van der Waals surface area contributed by atoms with Gasteiger partial charge in [0.15, 0.2) is 0 Å². The van der Waals surface area contributed by atoms with E-state index in [1.807, 2.05) is 62.4 Å². The van der Waals surface area contributed by atoms with Gasteiger partial charge in [0, 0.05) is 12.5 Å². The number of hydrogen-bond donors (Lipinski definition) is 1. The first-order valence-corrected chi connectivity index (χ1v) is 8.80. The Labute approximate surface area is 160 Å². The third-order valence-corrected chi connectivity index (χ3v) is 3.41. The quantitative estimate of drug-likeness (QED) is 0.326. The van der Waals surface area contributed by atoms with Crippen LogP contribution in [-0.4, -0.2) is 17.0 Å². The Morgan fingerprint density at radius 3 is 2.11 bits per heavy atom. The standard InChI is InChI=1S/C17H20O4.C6H6/c1-4-17(20)21-15-9-6-13(7-10-16(18)19)11-14(15)8-5-12(2)3;1-2-4-6-5-3-1/h5-7,9-11H,4,8H2,1-3H3,(H,18,19);1-6H/b10-7+;. The van der Waals surface area contributed by atoms with Gasteiger partial charge in [0.25, 0.3) is 0 Å². The van der Waals surface area contributed by atoms with E-state index in [0.29, 0.717) is 18.6 Å². The van der Waals surface area contributed by atoms with Crippen molar-refractivity contribution in [2.45, 2.75) is 33.6 Å². The Morgan fingerprint density at radius 1 is 1.04 bits per heavy atom. The van der Waals surface area contributed by atoms with Crippen molar-refractivity contribution < 1.29 is 19.4 Å². The summed E-state index contributed by atoms with van der Waals surface area (Å²) >= 11 is 0. The molecule has 0 saturated heterocycles. The predicted octanol–water partition coefficient (Wildman–Crippen LogP) is 5.30. The Hall–Kier alpha value is -3.14. The van der Waals surface area contributed by atoms with E-state index in [1.54, 1.807) is 19.1 Å². The summed E-state index contributed by atoms with van der Waals surface area (Å²) < 4.78 is 5.30. The second-order valence-electron chi connectivity index (χ2n) is 6.01. The zero-order chi connectivity index (χ0) is 20.1. The predicted molar refractivity (Wildman–Crippen MR) is 109 cm³/mol. The van der Waals surface area contributed by atoms with Gasteiger partial charge in [-0.2, -0.15) is 0 Å². The smallest absolute Gasteiger partial charge is 0.328 e. The molecule has 0 aliphatic heterocycles. The number of ether oxygens (including phenoxy) is 1. The van der Waals surface area contributed by atoms with E-state index in [4.69, 9.17) is 9.84 Å². The number of aliphatic carboxylic acids is 1. The van der Waals surface area contributed by atoms with Crippen LogP contribution in [0.2, 0.25) is 0 Å². The van der Waals surface area contributed by atoms with Gasteiger partial charge in [-0.3, -0.25) is 4.79 Å². The Kier molecular flexibility index (Phi) is 9.94. The van der Waals surface area contributed by atoms with Crippen LogP contribution in [0.25, 0.3) is 6.08 Å². The first-order chi connectivity index (χ1) is 12.9. The molecule has 0 heterocycles. The third kappa shape index (κ3) is 9.80. The maximum Gasteiger partial charge on any atom is 0.328 e. The number of esters is 1. The molecule has 27 heavy (non-hydrogen) atoms. The van der Waals surface area contributed by atoms with Crippen LogP contribution in [0.1, 0.15) is 38.3 Å². The van der Waals surface area contributed by atoms with Gasteiger partial charge in [0.05, 0.1) is 0 Å². The fourth-order valence-electron chi connectivity index (χ4n) is 2.02. The lowest BCUT2D eigenvalue weighted by Crippen LogP contribution is -2.07. The van der Waals surface area contributed by atoms with Crippen molar-refractivity contribution in [3.63, 3.8) is 0 Å². The molecule has 0 unspecified atom stereocenters. The highest BCUT2D eigenvalue weighted by Gasteiger charge is 2.08. The van der Waals surface area contributed by atoms with E-state index in [2.05, 4.69) is 0 Å². The molecular weight excluding hydrogens is 340 g/mol. The fraction of sp³-hybridized carbons (Fsp3) is 0.217. The minimum atomic E-state index is -0.998. The normalized spacial score (nSPS) is 9.89. The number of benzene rings is 2. The van der Waals surface area contributed by atoms with Crippen molar-refractivity contribution in [3.05, 3.63) is 83.4 Å². The second-order valence-corrected chi connectivity index (χ2v) is 6.01. The van der Waals surface area contributed by atoms with Gasteiger partial charge >= 0.3 is 11.9 Å². The maximum atomic E-state index is 11.4. The van der Waals surface area contributed by atoms with Gasteiger partial charge in [0.1, 0.15) is 5.75 Å². The van der Waals surface area contributed by atoms with Crippen LogP contribution in [0, 0.1) is 0 Å². The maximum absolute atomic E-state index is 11.4. The van der Waals surface area contributed by atoms with Crippen LogP contribution < -0.4 is 4.74 Å². The minimum absolute atomic E-state index is 0.290. The van der Waals surface area contributed by atoms with Crippen LogP contribution in [0.5, 0.6) is 5.75 Å². The SMILES string of the molecule is CCC(=O)Oc1ccc(/C=C/C(=O)O)cc1CC=C(C)C.c1ccccc1. The van der Waals surface area contributed by atoms with Crippen molar-refractivity contribution in [3.8, 4) is 5.75 Å². The third-order valence-electron chi connectivity index (χ3n) is 3.41. The highest BCUT2D eigenvalue weighted by Crippen LogP contribution is 2.23. The van der Waals surface area contributed by atoms with E-state index in [0.717, 1.165) is 22.8 Å². The molecule has 0 spiro atoms. The largest absolute Gasteiger partial charge is 0.478 e. The van der Waals surface area contributed by atoms with Gasteiger partial charge < -0.3 is 9.84 Å².